The number of hydrogen-bond donors (Lipinski definition) is 3. The maximum Gasteiger partial charge on any atom is 0.407 e. The van der Waals surface area contributed by atoms with Gasteiger partial charge in [0.1, 0.15) is 12.1 Å². The molecule has 2 aromatic carbocycles. The Morgan fingerprint density at radius 2 is 1.59 bits per heavy atom. The monoisotopic (exact) mass is 438 g/mol. The summed E-state index contributed by atoms with van der Waals surface area (Å²) in [6, 6.07) is 16.3. The van der Waals surface area contributed by atoms with Crippen molar-refractivity contribution < 1.29 is 24.2 Å². The fourth-order valence-corrected chi connectivity index (χ4v) is 3.91. The highest BCUT2D eigenvalue weighted by Crippen LogP contribution is 2.44. The Balaban J connectivity index is 1.39. The second-order valence-corrected chi connectivity index (χ2v) is 8.25. The number of aliphatic carboxylic acids is 1. The number of unbranched alkanes of at least 4 members (excludes halogenated alkanes) is 1. The fraction of sp³-hybridized carbons (Fsp3) is 0.400. The van der Waals surface area contributed by atoms with E-state index in [2.05, 4.69) is 34.9 Å². The number of hydrogen-bond acceptors (Lipinski definition) is 4. The average molecular weight is 439 g/mol. The van der Waals surface area contributed by atoms with Crippen molar-refractivity contribution in [3.05, 3.63) is 59.7 Å². The molecule has 1 unspecified atom stereocenters. The first kappa shape index (κ1) is 23.3. The van der Waals surface area contributed by atoms with E-state index in [1.54, 1.807) is 6.92 Å². The van der Waals surface area contributed by atoms with Gasteiger partial charge in [-0.3, -0.25) is 4.79 Å². The topological polar surface area (TPSA) is 105 Å². The quantitative estimate of drug-likeness (QED) is 0.485. The van der Waals surface area contributed by atoms with Crippen LogP contribution in [0.25, 0.3) is 11.1 Å². The number of alkyl carbamates (subject to hydrolysis) is 1. The van der Waals surface area contributed by atoms with E-state index in [1.807, 2.05) is 24.3 Å². The Kier molecular flexibility index (Phi) is 7.51. The van der Waals surface area contributed by atoms with Gasteiger partial charge in [0, 0.05) is 18.9 Å². The van der Waals surface area contributed by atoms with Crippen LogP contribution in [-0.4, -0.2) is 41.8 Å². The molecule has 0 heterocycles. The molecule has 1 aliphatic rings. The Labute approximate surface area is 188 Å². The molecule has 2 aromatic rings. The van der Waals surface area contributed by atoms with Crippen molar-refractivity contribution in [1.82, 2.24) is 10.6 Å². The molecule has 3 N–H and O–H groups in total. The van der Waals surface area contributed by atoms with E-state index in [0.29, 0.717) is 25.8 Å². The summed E-state index contributed by atoms with van der Waals surface area (Å²) in [4.78, 5) is 35.4. The molecule has 0 radical (unpaired) electrons. The predicted molar refractivity (Wildman–Crippen MR) is 121 cm³/mol. The van der Waals surface area contributed by atoms with Crippen LogP contribution in [0.15, 0.2) is 48.5 Å². The standard InChI is InChI=1S/C25H30N2O5/c1-3-25(2,23(29)30)27-22(28)14-8-9-15-26-24(31)32-16-21-19-12-6-4-10-17(19)18-11-5-7-13-20(18)21/h4-7,10-13,21H,3,8-9,14-16H2,1-2H3,(H,26,31)(H,27,28)(H,29,30). The van der Waals surface area contributed by atoms with E-state index in [0.717, 1.165) is 11.1 Å². The van der Waals surface area contributed by atoms with Crippen LogP contribution in [-0.2, 0) is 14.3 Å². The highest BCUT2D eigenvalue weighted by Gasteiger charge is 2.32. The molecule has 0 bridgehead atoms. The average Bonchev–Trinajstić information content (AvgIpc) is 3.11. The summed E-state index contributed by atoms with van der Waals surface area (Å²) in [7, 11) is 0. The largest absolute Gasteiger partial charge is 0.480 e. The Bertz CT molecular complexity index is 944. The molecule has 32 heavy (non-hydrogen) atoms. The molecule has 0 fully saturated rings. The van der Waals surface area contributed by atoms with E-state index in [4.69, 9.17) is 4.74 Å². The van der Waals surface area contributed by atoms with Crippen LogP contribution in [0.4, 0.5) is 4.79 Å². The summed E-state index contributed by atoms with van der Waals surface area (Å²) in [6.07, 6.45) is 1.15. The molecule has 2 amide bonds. The molecule has 0 aliphatic heterocycles. The van der Waals surface area contributed by atoms with Gasteiger partial charge in [-0.25, -0.2) is 9.59 Å². The number of carbonyl (C=O) groups is 3. The van der Waals surface area contributed by atoms with Crippen molar-refractivity contribution in [1.29, 1.82) is 0 Å². The van der Waals surface area contributed by atoms with Crippen molar-refractivity contribution in [2.75, 3.05) is 13.2 Å². The van der Waals surface area contributed by atoms with Gasteiger partial charge < -0.3 is 20.5 Å². The van der Waals surface area contributed by atoms with Crippen LogP contribution in [0.2, 0.25) is 0 Å². The molecule has 0 saturated carbocycles. The van der Waals surface area contributed by atoms with Gasteiger partial charge >= 0.3 is 12.1 Å². The van der Waals surface area contributed by atoms with Crippen molar-refractivity contribution in [2.24, 2.45) is 0 Å². The van der Waals surface area contributed by atoms with Crippen molar-refractivity contribution >= 4 is 18.0 Å². The summed E-state index contributed by atoms with van der Waals surface area (Å²) in [5, 5.41) is 14.5. The third kappa shape index (κ3) is 5.28. The second kappa shape index (κ2) is 10.3. The number of carboxylic acids is 1. The second-order valence-electron chi connectivity index (χ2n) is 8.25. The minimum Gasteiger partial charge on any atom is -0.480 e. The zero-order valence-corrected chi connectivity index (χ0v) is 18.5. The molecular weight excluding hydrogens is 408 g/mol. The third-order valence-electron chi connectivity index (χ3n) is 6.04. The number of rotatable bonds is 10. The summed E-state index contributed by atoms with van der Waals surface area (Å²) < 4.78 is 5.48. The van der Waals surface area contributed by atoms with Crippen LogP contribution in [0.1, 0.15) is 56.6 Å². The van der Waals surface area contributed by atoms with Gasteiger partial charge in [-0.05, 0) is 48.4 Å². The number of carbonyl (C=O) groups excluding carboxylic acids is 2. The van der Waals surface area contributed by atoms with Crippen LogP contribution in [0, 0.1) is 0 Å². The Morgan fingerprint density at radius 3 is 2.16 bits per heavy atom. The predicted octanol–water partition coefficient (Wildman–Crippen LogP) is 4.06. The van der Waals surface area contributed by atoms with Crippen LogP contribution in [0.5, 0.6) is 0 Å². The molecule has 7 heteroatoms. The third-order valence-corrected chi connectivity index (χ3v) is 6.04. The first-order chi connectivity index (χ1) is 15.4. The van der Waals surface area contributed by atoms with Gasteiger partial charge in [0.25, 0.3) is 0 Å². The van der Waals surface area contributed by atoms with E-state index in [-0.39, 0.29) is 24.9 Å². The number of amides is 2. The van der Waals surface area contributed by atoms with Crippen LogP contribution < -0.4 is 10.6 Å². The highest BCUT2D eigenvalue weighted by molar-refractivity contribution is 5.86. The lowest BCUT2D eigenvalue weighted by Crippen LogP contribution is -2.51. The Hall–Kier alpha value is -3.35. The molecule has 1 aliphatic carbocycles. The van der Waals surface area contributed by atoms with Crippen molar-refractivity contribution in [3.63, 3.8) is 0 Å². The maximum atomic E-state index is 12.1. The molecule has 0 spiro atoms. The van der Waals surface area contributed by atoms with Crippen LogP contribution >= 0.6 is 0 Å². The summed E-state index contributed by atoms with van der Waals surface area (Å²) in [5.74, 6) is -1.35. The highest BCUT2D eigenvalue weighted by atomic mass is 16.5. The van der Waals surface area contributed by atoms with Gasteiger partial charge in [0.2, 0.25) is 5.91 Å². The lowest BCUT2D eigenvalue weighted by atomic mass is 9.98. The smallest absolute Gasteiger partial charge is 0.407 e. The number of carboxylic acid groups (broad SMARTS) is 1. The fourth-order valence-electron chi connectivity index (χ4n) is 3.91. The van der Waals surface area contributed by atoms with E-state index >= 15 is 0 Å². The zero-order chi connectivity index (χ0) is 23.1. The molecular formula is C25H30N2O5. The normalized spacial score (nSPS) is 14.1. The summed E-state index contributed by atoms with van der Waals surface area (Å²) >= 11 is 0. The minimum atomic E-state index is -1.25. The van der Waals surface area contributed by atoms with Gasteiger partial charge in [-0.1, -0.05) is 55.5 Å². The van der Waals surface area contributed by atoms with E-state index in [9.17, 15) is 19.5 Å². The lowest BCUT2D eigenvalue weighted by Gasteiger charge is -2.24. The summed E-state index contributed by atoms with van der Waals surface area (Å²) in [6.45, 7) is 3.85. The van der Waals surface area contributed by atoms with Gasteiger partial charge in [0.15, 0.2) is 0 Å². The Morgan fingerprint density at radius 1 is 1.00 bits per heavy atom. The molecule has 0 aromatic heterocycles. The maximum absolute atomic E-state index is 12.1. The minimum absolute atomic E-state index is 0.0129. The molecule has 7 nitrogen and oxygen atoms in total. The molecule has 0 saturated heterocycles. The first-order valence-electron chi connectivity index (χ1n) is 11.0. The summed E-state index contributed by atoms with van der Waals surface area (Å²) in [5.41, 5.74) is 3.42. The van der Waals surface area contributed by atoms with Crippen LogP contribution in [0.3, 0.4) is 0 Å². The van der Waals surface area contributed by atoms with Gasteiger partial charge in [0.05, 0.1) is 0 Å². The van der Waals surface area contributed by atoms with Crippen molar-refractivity contribution in [3.8, 4) is 11.1 Å². The first-order valence-corrected chi connectivity index (χ1v) is 11.0. The molecule has 170 valence electrons. The number of fused-ring (bicyclic) bond motifs is 3. The number of nitrogens with one attached hydrogen (secondary N) is 2. The molecule has 3 rings (SSSR count). The van der Waals surface area contributed by atoms with E-state index < -0.39 is 17.6 Å². The zero-order valence-electron chi connectivity index (χ0n) is 18.5. The molecule has 1 atom stereocenters. The number of ether oxygens (including phenoxy) is 1. The van der Waals surface area contributed by atoms with E-state index in [1.165, 1.54) is 18.1 Å². The SMILES string of the molecule is CCC(C)(NC(=O)CCCCNC(=O)OCC1c2ccccc2-c2ccccc21)C(=O)O. The lowest BCUT2D eigenvalue weighted by molar-refractivity contribution is -0.147. The van der Waals surface area contributed by atoms with Crippen molar-refractivity contribution in [2.45, 2.75) is 51.0 Å². The number of benzene rings is 2. The van der Waals surface area contributed by atoms with Gasteiger partial charge in [-0.15, -0.1) is 0 Å². The van der Waals surface area contributed by atoms with Gasteiger partial charge in [-0.2, -0.15) is 0 Å².